The molecule has 1 amide bonds. The van der Waals surface area contributed by atoms with Crippen LogP contribution in [0.4, 0.5) is 5.69 Å². The van der Waals surface area contributed by atoms with Gasteiger partial charge in [0.2, 0.25) is 10.0 Å². The van der Waals surface area contributed by atoms with Crippen LogP contribution in [0, 0.1) is 0 Å². The highest BCUT2D eigenvalue weighted by Crippen LogP contribution is 2.25. The second-order valence-electron chi connectivity index (χ2n) is 4.88. The molecular weight excluding hydrogens is 308 g/mol. The Hall–Kier alpha value is -1.48. The molecule has 1 aromatic rings. The SMILES string of the molecule is CO[C@@H](C)C(=O)Nc1ccccc1S(=O)(=O)N1CCOCC1. The Labute approximate surface area is 130 Å². The maximum atomic E-state index is 12.7. The van der Waals surface area contributed by atoms with Crippen LogP contribution in [0.25, 0.3) is 0 Å². The van der Waals surface area contributed by atoms with Crippen molar-refractivity contribution in [1.82, 2.24) is 4.31 Å². The van der Waals surface area contributed by atoms with Gasteiger partial charge in [-0.05, 0) is 19.1 Å². The third kappa shape index (κ3) is 3.64. The molecule has 0 radical (unpaired) electrons. The standard InChI is InChI=1S/C14H20N2O5S/c1-11(20-2)14(17)15-12-5-3-4-6-13(12)22(18,19)16-7-9-21-10-8-16/h3-6,11H,7-10H2,1-2H3,(H,15,17)/t11-/m0/s1. The molecular formula is C14H20N2O5S. The molecule has 0 aliphatic carbocycles. The molecule has 1 N–H and O–H groups in total. The molecule has 22 heavy (non-hydrogen) atoms. The van der Waals surface area contributed by atoms with Crippen molar-refractivity contribution < 1.29 is 22.7 Å². The lowest BCUT2D eigenvalue weighted by Gasteiger charge is -2.27. The van der Waals surface area contributed by atoms with Gasteiger partial charge in [0.25, 0.3) is 5.91 Å². The second kappa shape index (κ2) is 7.19. The number of hydrogen-bond donors (Lipinski definition) is 1. The van der Waals surface area contributed by atoms with E-state index in [0.29, 0.717) is 26.3 Å². The fraction of sp³-hybridized carbons (Fsp3) is 0.500. The van der Waals surface area contributed by atoms with E-state index in [1.165, 1.54) is 17.5 Å². The van der Waals surface area contributed by atoms with E-state index >= 15 is 0 Å². The molecule has 1 atom stereocenters. The van der Waals surface area contributed by atoms with Crippen molar-refractivity contribution in [3.63, 3.8) is 0 Å². The Morgan fingerprint density at radius 1 is 1.32 bits per heavy atom. The van der Waals surface area contributed by atoms with Gasteiger partial charge in [0.05, 0.1) is 18.9 Å². The first-order valence-electron chi connectivity index (χ1n) is 6.97. The van der Waals surface area contributed by atoms with Crippen LogP contribution in [0.1, 0.15) is 6.92 Å². The normalized spacial score (nSPS) is 17.9. The summed E-state index contributed by atoms with van der Waals surface area (Å²) in [6.07, 6.45) is -0.667. The van der Waals surface area contributed by atoms with Crippen molar-refractivity contribution in [1.29, 1.82) is 0 Å². The van der Waals surface area contributed by atoms with Gasteiger partial charge in [-0.2, -0.15) is 4.31 Å². The van der Waals surface area contributed by atoms with Gasteiger partial charge in [-0.15, -0.1) is 0 Å². The number of sulfonamides is 1. The number of rotatable bonds is 5. The maximum Gasteiger partial charge on any atom is 0.253 e. The van der Waals surface area contributed by atoms with Crippen LogP contribution in [0.5, 0.6) is 0 Å². The Bertz CT molecular complexity index is 626. The van der Waals surface area contributed by atoms with Crippen molar-refractivity contribution in [2.24, 2.45) is 0 Å². The first-order chi connectivity index (χ1) is 10.5. The monoisotopic (exact) mass is 328 g/mol. The van der Waals surface area contributed by atoms with Crippen molar-refractivity contribution in [2.45, 2.75) is 17.9 Å². The number of para-hydroxylation sites is 1. The first kappa shape index (κ1) is 16.9. The summed E-state index contributed by atoms with van der Waals surface area (Å²) in [5, 5.41) is 2.61. The summed E-state index contributed by atoms with van der Waals surface area (Å²) in [6.45, 7) is 2.94. The first-order valence-corrected chi connectivity index (χ1v) is 8.41. The Morgan fingerprint density at radius 3 is 2.59 bits per heavy atom. The van der Waals surface area contributed by atoms with Crippen LogP contribution in [-0.2, 0) is 24.3 Å². The zero-order chi connectivity index (χ0) is 16.2. The smallest absolute Gasteiger partial charge is 0.253 e. The van der Waals surface area contributed by atoms with E-state index in [0.717, 1.165) is 0 Å². The summed E-state index contributed by atoms with van der Waals surface area (Å²) in [5.74, 6) is -0.396. The number of hydrogen-bond acceptors (Lipinski definition) is 5. The maximum absolute atomic E-state index is 12.7. The van der Waals surface area contributed by atoms with Crippen LogP contribution in [0.3, 0.4) is 0 Å². The Morgan fingerprint density at radius 2 is 1.95 bits per heavy atom. The van der Waals surface area contributed by atoms with Crippen LogP contribution in [0.15, 0.2) is 29.2 Å². The molecule has 1 aliphatic rings. The van der Waals surface area contributed by atoms with Gasteiger partial charge < -0.3 is 14.8 Å². The van der Waals surface area contributed by atoms with Gasteiger partial charge >= 0.3 is 0 Å². The lowest BCUT2D eigenvalue weighted by molar-refractivity contribution is -0.124. The van der Waals surface area contributed by atoms with E-state index in [4.69, 9.17) is 9.47 Å². The molecule has 0 bridgehead atoms. The number of carbonyl (C=O) groups excluding carboxylic acids is 1. The third-order valence-corrected chi connectivity index (χ3v) is 5.41. The summed E-state index contributed by atoms with van der Waals surface area (Å²) >= 11 is 0. The highest BCUT2D eigenvalue weighted by atomic mass is 32.2. The highest BCUT2D eigenvalue weighted by molar-refractivity contribution is 7.89. The lowest BCUT2D eigenvalue weighted by Crippen LogP contribution is -2.41. The number of nitrogens with zero attached hydrogens (tertiary/aromatic N) is 1. The van der Waals surface area contributed by atoms with Gasteiger partial charge in [-0.3, -0.25) is 4.79 Å². The molecule has 0 spiro atoms. The molecule has 0 unspecified atom stereocenters. The minimum Gasteiger partial charge on any atom is -0.379 e. The summed E-state index contributed by atoms with van der Waals surface area (Å²) in [4.78, 5) is 12.0. The van der Waals surface area contributed by atoms with Crippen molar-refractivity contribution in [3.05, 3.63) is 24.3 Å². The molecule has 1 heterocycles. The largest absolute Gasteiger partial charge is 0.379 e. The average Bonchev–Trinajstić information content (AvgIpc) is 2.55. The number of carbonyl (C=O) groups is 1. The fourth-order valence-corrected chi connectivity index (χ4v) is 3.62. The van der Waals surface area contributed by atoms with E-state index in [9.17, 15) is 13.2 Å². The molecule has 0 saturated carbocycles. The minimum absolute atomic E-state index is 0.0774. The topological polar surface area (TPSA) is 84.9 Å². The second-order valence-corrected chi connectivity index (χ2v) is 6.79. The summed E-state index contributed by atoms with van der Waals surface area (Å²) in [7, 11) is -2.26. The Balaban J connectivity index is 2.29. The van der Waals surface area contributed by atoms with Crippen molar-refractivity contribution >= 4 is 21.6 Å². The number of amides is 1. The van der Waals surface area contributed by atoms with E-state index in [1.54, 1.807) is 25.1 Å². The predicted octanol–water partition coefficient (Wildman–Crippen LogP) is 0.681. The fourth-order valence-electron chi connectivity index (χ4n) is 2.06. The van der Waals surface area contributed by atoms with Crippen LogP contribution < -0.4 is 5.32 Å². The molecule has 1 fully saturated rings. The summed E-state index contributed by atoms with van der Waals surface area (Å²) in [5.41, 5.74) is 0.253. The zero-order valence-corrected chi connectivity index (χ0v) is 13.4. The number of methoxy groups -OCH3 is 1. The van der Waals surface area contributed by atoms with E-state index < -0.39 is 22.0 Å². The molecule has 2 rings (SSSR count). The molecule has 1 aromatic carbocycles. The van der Waals surface area contributed by atoms with Crippen molar-refractivity contribution in [3.8, 4) is 0 Å². The summed E-state index contributed by atoms with van der Waals surface area (Å²) < 4.78 is 36.9. The van der Waals surface area contributed by atoms with Crippen LogP contribution in [-0.4, -0.2) is 58.1 Å². The molecule has 0 aromatic heterocycles. The van der Waals surface area contributed by atoms with E-state index in [-0.39, 0.29) is 10.6 Å². The average molecular weight is 328 g/mol. The van der Waals surface area contributed by atoms with Crippen LogP contribution in [0.2, 0.25) is 0 Å². The number of anilines is 1. The number of nitrogens with one attached hydrogen (secondary N) is 1. The van der Waals surface area contributed by atoms with Crippen molar-refractivity contribution in [2.75, 3.05) is 38.7 Å². The van der Waals surface area contributed by atoms with Gasteiger partial charge in [0.1, 0.15) is 11.0 Å². The van der Waals surface area contributed by atoms with E-state index in [2.05, 4.69) is 5.32 Å². The highest BCUT2D eigenvalue weighted by Gasteiger charge is 2.29. The molecule has 122 valence electrons. The Kier molecular flexibility index (Phi) is 5.52. The zero-order valence-electron chi connectivity index (χ0n) is 12.6. The van der Waals surface area contributed by atoms with Gasteiger partial charge in [-0.1, -0.05) is 12.1 Å². The number of ether oxygens (including phenoxy) is 2. The molecule has 8 heteroatoms. The minimum atomic E-state index is -3.67. The van der Waals surface area contributed by atoms with Gasteiger partial charge in [0.15, 0.2) is 0 Å². The van der Waals surface area contributed by atoms with E-state index in [1.807, 2.05) is 0 Å². The predicted molar refractivity (Wildman–Crippen MR) is 81.1 cm³/mol. The number of morpholine rings is 1. The number of benzene rings is 1. The third-order valence-electron chi connectivity index (χ3n) is 3.46. The molecule has 1 saturated heterocycles. The quantitative estimate of drug-likeness (QED) is 0.859. The molecule has 1 aliphatic heterocycles. The van der Waals surface area contributed by atoms with Crippen LogP contribution >= 0.6 is 0 Å². The summed E-state index contributed by atoms with van der Waals surface area (Å²) in [6, 6.07) is 6.35. The van der Waals surface area contributed by atoms with Gasteiger partial charge in [-0.25, -0.2) is 8.42 Å². The lowest BCUT2D eigenvalue weighted by atomic mass is 10.3. The molecule has 7 nitrogen and oxygen atoms in total. The van der Waals surface area contributed by atoms with Gasteiger partial charge in [0, 0.05) is 20.2 Å².